The lowest BCUT2D eigenvalue weighted by Gasteiger charge is -2.58. The molecule has 1 unspecified atom stereocenters. The van der Waals surface area contributed by atoms with Gasteiger partial charge in [-0.25, -0.2) is 0 Å². The van der Waals surface area contributed by atoms with Crippen LogP contribution in [0.1, 0.15) is 52.4 Å². The van der Waals surface area contributed by atoms with Crippen LogP contribution >= 0.6 is 0 Å². The van der Waals surface area contributed by atoms with Crippen molar-refractivity contribution in [3.8, 4) is 0 Å². The lowest BCUT2D eigenvalue weighted by molar-refractivity contribution is -0.133. The average Bonchev–Trinajstić information content (AvgIpc) is 3.33. The number of nitrogens with zero attached hydrogens (tertiary/aromatic N) is 3. The minimum atomic E-state index is -0.209. The number of azide groups is 1. The molecule has 0 N–H and O–H groups in total. The van der Waals surface area contributed by atoms with E-state index in [1.807, 2.05) is 6.08 Å². The van der Waals surface area contributed by atoms with Crippen molar-refractivity contribution in [2.24, 2.45) is 45.5 Å². The molecule has 5 rings (SSSR count). The molecular weight excluding hydrogens is 314 g/mol. The summed E-state index contributed by atoms with van der Waals surface area (Å²) in [7, 11) is 0. The zero-order chi connectivity index (χ0) is 17.6. The first-order valence-electron chi connectivity index (χ1n) is 9.74. The van der Waals surface area contributed by atoms with Crippen LogP contribution in [-0.2, 0) is 9.59 Å². The highest BCUT2D eigenvalue weighted by Crippen LogP contribution is 2.70. The van der Waals surface area contributed by atoms with Crippen molar-refractivity contribution in [3.63, 3.8) is 0 Å². The van der Waals surface area contributed by atoms with Crippen molar-refractivity contribution in [1.82, 2.24) is 0 Å². The SMILES string of the molecule is C[C@]12CC[C@H]3[C@@H](C[C@H](N=[N+]=[N-])C4=CC(=O)[C@H]5CC5[C@@]43C)[C@@H]1CCC2=O. The van der Waals surface area contributed by atoms with E-state index in [0.29, 0.717) is 35.9 Å². The van der Waals surface area contributed by atoms with Crippen LogP contribution < -0.4 is 0 Å². The Kier molecular flexibility index (Phi) is 2.98. The van der Waals surface area contributed by atoms with Gasteiger partial charge in [0.2, 0.25) is 0 Å². The summed E-state index contributed by atoms with van der Waals surface area (Å²) < 4.78 is 0. The summed E-state index contributed by atoms with van der Waals surface area (Å²) in [6.07, 6.45) is 7.38. The number of carbonyl (C=O) groups excluding carboxylic acids is 2. The van der Waals surface area contributed by atoms with Gasteiger partial charge in [-0.05, 0) is 72.8 Å². The van der Waals surface area contributed by atoms with E-state index >= 15 is 0 Å². The Hall–Kier alpha value is -1.61. The smallest absolute Gasteiger partial charge is 0.159 e. The molecule has 5 aliphatic carbocycles. The summed E-state index contributed by atoms with van der Waals surface area (Å²) in [5.41, 5.74) is 10.0. The molecule has 132 valence electrons. The van der Waals surface area contributed by atoms with Gasteiger partial charge in [0.15, 0.2) is 5.78 Å². The first-order chi connectivity index (χ1) is 11.9. The van der Waals surface area contributed by atoms with Gasteiger partial charge in [0.25, 0.3) is 0 Å². The molecule has 8 atom stereocenters. The van der Waals surface area contributed by atoms with Gasteiger partial charge in [-0.15, -0.1) is 0 Å². The zero-order valence-electron chi connectivity index (χ0n) is 14.9. The van der Waals surface area contributed by atoms with Crippen LogP contribution in [0, 0.1) is 40.4 Å². The summed E-state index contributed by atoms with van der Waals surface area (Å²) in [5, 5.41) is 4.12. The summed E-state index contributed by atoms with van der Waals surface area (Å²) in [4.78, 5) is 28.0. The van der Waals surface area contributed by atoms with Gasteiger partial charge in [-0.2, -0.15) is 0 Å². The summed E-state index contributed by atoms with van der Waals surface area (Å²) in [6.45, 7) is 4.50. The third kappa shape index (κ3) is 1.78. The molecule has 0 spiro atoms. The fraction of sp³-hybridized carbons (Fsp3) is 0.800. The second-order valence-corrected chi connectivity index (χ2v) is 9.48. The molecule has 0 radical (unpaired) electrons. The Labute approximate surface area is 147 Å². The molecule has 4 fully saturated rings. The molecule has 0 saturated heterocycles. The molecule has 5 nitrogen and oxygen atoms in total. The van der Waals surface area contributed by atoms with Crippen molar-refractivity contribution in [1.29, 1.82) is 0 Å². The minimum Gasteiger partial charge on any atom is -0.299 e. The molecular formula is C20H25N3O2. The lowest BCUT2D eigenvalue weighted by atomic mass is 9.46. The summed E-state index contributed by atoms with van der Waals surface area (Å²) >= 11 is 0. The standard InChI is InChI=1S/C20H25N3O2/c1-19-6-5-13-10(12(19)3-4-18(19)25)8-16(22-23-21)15-9-17(24)11-7-14(11)20(13,15)2/h9-14,16H,3-8H2,1-2H3/t10-,11-,12-,13-,14?,16-,19-,20-/m0/s1. The van der Waals surface area contributed by atoms with Gasteiger partial charge in [0, 0.05) is 22.7 Å². The van der Waals surface area contributed by atoms with Gasteiger partial charge >= 0.3 is 0 Å². The monoisotopic (exact) mass is 339 g/mol. The second kappa shape index (κ2) is 4.76. The van der Waals surface area contributed by atoms with Crippen molar-refractivity contribution < 1.29 is 9.59 Å². The van der Waals surface area contributed by atoms with E-state index in [2.05, 4.69) is 23.9 Å². The van der Waals surface area contributed by atoms with Gasteiger partial charge in [0.1, 0.15) is 5.78 Å². The van der Waals surface area contributed by atoms with E-state index in [0.717, 1.165) is 37.7 Å². The topological polar surface area (TPSA) is 82.9 Å². The molecule has 5 aliphatic rings. The second-order valence-electron chi connectivity index (χ2n) is 9.48. The van der Waals surface area contributed by atoms with Crippen molar-refractivity contribution in [3.05, 3.63) is 22.1 Å². The number of hydrogen-bond acceptors (Lipinski definition) is 3. The van der Waals surface area contributed by atoms with Crippen LogP contribution in [0.25, 0.3) is 10.4 Å². The Bertz CT molecular complexity index is 767. The van der Waals surface area contributed by atoms with E-state index in [1.165, 1.54) is 0 Å². The molecule has 0 amide bonds. The molecule has 0 aliphatic heterocycles. The lowest BCUT2D eigenvalue weighted by Crippen LogP contribution is -2.54. The van der Waals surface area contributed by atoms with E-state index in [4.69, 9.17) is 5.53 Å². The van der Waals surface area contributed by atoms with Crippen LogP contribution in [0.15, 0.2) is 16.8 Å². The van der Waals surface area contributed by atoms with E-state index in [-0.39, 0.29) is 28.6 Å². The third-order valence-corrected chi connectivity index (χ3v) is 8.81. The number of Topliss-reactive ketones (excluding diaryl/α,β-unsaturated/α-hetero) is 1. The van der Waals surface area contributed by atoms with Gasteiger partial charge < -0.3 is 0 Å². The number of hydrogen-bond donors (Lipinski definition) is 0. The number of rotatable bonds is 1. The molecule has 0 aromatic rings. The normalized spacial score (nSPS) is 53.0. The highest BCUT2D eigenvalue weighted by molar-refractivity contribution is 5.96. The molecule has 0 aromatic heterocycles. The van der Waals surface area contributed by atoms with Gasteiger partial charge in [-0.3, -0.25) is 9.59 Å². The van der Waals surface area contributed by atoms with Crippen LogP contribution in [0.5, 0.6) is 0 Å². The average molecular weight is 339 g/mol. The summed E-state index contributed by atoms with van der Waals surface area (Å²) in [5.74, 6) is 2.68. The maximum absolute atomic E-state index is 12.6. The van der Waals surface area contributed by atoms with Crippen LogP contribution in [0.2, 0.25) is 0 Å². The maximum Gasteiger partial charge on any atom is 0.159 e. The summed E-state index contributed by atoms with van der Waals surface area (Å²) in [6, 6.07) is -0.209. The molecule has 0 aromatic carbocycles. The first-order valence-corrected chi connectivity index (χ1v) is 9.74. The third-order valence-electron chi connectivity index (χ3n) is 8.81. The van der Waals surface area contributed by atoms with Gasteiger partial charge in [0.05, 0.1) is 6.04 Å². The minimum absolute atomic E-state index is 0.0205. The Balaban J connectivity index is 1.62. The fourth-order valence-electron chi connectivity index (χ4n) is 7.43. The van der Waals surface area contributed by atoms with E-state index in [9.17, 15) is 9.59 Å². The first kappa shape index (κ1) is 15.6. The van der Waals surface area contributed by atoms with Crippen LogP contribution in [0.4, 0.5) is 0 Å². The van der Waals surface area contributed by atoms with Crippen molar-refractivity contribution in [2.75, 3.05) is 0 Å². The highest BCUT2D eigenvalue weighted by Gasteiger charge is 2.67. The van der Waals surface area contributed by atoms with Crippen LogP contribution in [-0.4, -0.2) is 17.6 Å². The number of carbonyl (C=O) groups is 2. The quantitative estimate of drug-likeness (QED) is 0.407. The maximum atomic E-state index is 12.6. The Morgan fingerprint density at radius 1 is 1.16 bits per heavy atom. The molecule has 4 saturated carbocycles. The van der Waals surface area contributed by atoms with Crippen molar-refractivity contribution in [2.45, 2.75) is 58.4 Å². The predicted octanol–water partition coefficient (Wildman–Crippen LogP) is 4.23. The molecule has 0 bridgehead atoms. The highest BCUT2D eigenvalue weighted by atomic mass is 16.1. The Morgan fingerprint density at radius 2 is 1.96 bits per heavy atom. The van der Waals surface area contributed by atoms with Crippen LogP contribution in [0.3, 0.4) is 0 Å². The number of fused-ring (bicyclic) bond motifs is 7. The Morgan fingerprint density at radius 3 is 2.72 bits per heavy atom. The van der Waals surface area contributed by atoms with Gasteiger partial charge in [-0.1, -0.05) is 24.5 Å². The van der Waals surface area contributed by atoms with E-state index in [1.54, 1.807) is 0 Å². The molecule has 5 heteroatoms. The zero-order valence-corrected chi connectivity index (χ0v) is 14.9. The number of ketones is 2. The van der Waals surface area contributed by atoms with Crippen molar-refractivity contribution >= 4 is 11.6 Å². The fourth-order valence-corrected chi connectivity index (χ4v) is 7.43. The molecule has 25 heavy (non-hydrogen) atoms. The predicted molar refractivity (Wildman–Crippen MR) is 92.4 cm³/mol. The largest absolute Gasteiger partial charge is 0.299 e. The van der Waals surface area contributed by atoms with E-state index < -0.39 is 0 Å². The molecule has 0 heterocycles.